The average Bonchev–Trinajstić information content (AvgIpc) is 1.65. The molecule has 6 aromatic carbocycles. The highest BCUT2D eigenvalue weighted by molar-refractivity contribution is 7.99. The van der Waals surface area contributed by atoms with E-state index >= 15 is 0 Å². The molecule has 9 aliphatic heterocycles. The predicted molar refractivity (Wildman–Crippen MR) is 597 cm³/mol. The van der Waals surface area contributed by atoms with Crippen LogP contribution < -0.4 is 43.1 Å². The van der Waals surface area contributed by atoms with Crippen molar-refractivity contribution in [3.63, 3.8) is 0 Å². The number of anilines is 3. The molecule has 22 atom stereocenters. The van der Waals surface area contributed by atoms with Gasteiger partial charge in [0.05, 0.1) is 78.4 Å². The summed E-state index contributed by atoms with van der Waals surface area (Å²) in [6.45, 7) is 36.1. The van der Waals surface area contributed by atoms with Crippen LogP contribution in [0, 0.1) is 65.1 Å². The number of halogens is 3. The number of ether oxygens (including phenoxy) is 3. The molecule has 6 N–H and O–H groups in total. The number of rotatable bonds is 8. The zero-order valence-electron chi connectivity index (χ0n) is 88.7. The van der Waals surface area contributed by atoms with Crippen LogP contribution in [-0.4, -0.2) is 251 Å². The zero-order valence-corrected chi connectivity index (χ0v) is 93.5. The highest BCUT2D eigenvalue weighted by Gasteiger charge is 2.56. The fraction of sp³-hybridized carbons (Fsp3) is 0.653. The molecule has 0 radical (unpaired) electrons. The number of carbonyl (C=O) groups is 3. The van der Waals surface area contributed by atoms with E-state index in [1.807, 2.05) is 75.4 Å². The molecular formula is C118H165Cl3N10O13S3. The first-order chi connectivity index (χ1) is 70.1. The van der Waals surface area contributed by atoms with Gasteiger partial charge >= 0.3 is 0 Å². The lowest BCUT2D eigenvalue weighted by atomic mass is 9.62. The molecule has 3 spiro atoms. The van der Waals surface area contributed by atoms with Crippen molar-refractivity contribution in [3.8, 4) is 17.2 Å². The Kier molecular flexibility index (Phi) is 32.6. The summed E-state index contributed by atoms with van der Waals surface area (Å²) in [5.74, 6) is 11.7. The maximum Gasteiger partial charge on any atom is 0.264 e. The number of carbonyl (C=O) groups excluding carboxylic acids is 3. The van der Waals surface area contributed by atoms with E-state index in [2.05, 4.69) is 131 Å². The maximum atomic E-state index is 14.0. The van der Waals surface area contributed by atoms with Gasteiger partial charge in [0, 0.05) is 157 Å². The van der Waals surface area contributed by atoms with Crippen molar-refractivity contribution in [1.82, 2.24) is 33.8 Å². The summed E-state index contributed by atoms with van der Waals surface area (Å²) in [6, 6.07) is 35.4. The van der Waals surface area contributed by atoms with Crippen LogP contribution in [0.5, 0.6) is 17.2 Å². The van der Waals surface area contributed by atoms with Crippen molar-refractivity contribution in [2.45, 2.75) is 284 Å². The van der Waals surface area contributed by atoms with E-state index in [1.54, 1.807) is 25.1 Å². The largest absolute Gasteiger partial charge is 0.490 e. The third-order valence-corrected chi connectivity index (χ3v) is 45.8. The third-order valence-electron chi connectivity index (χ3n) is 38.8. The van der Waals surface area contributed by atoms with E-state index in [9.17, 15) is 46.5 Å². The van der Waals surface area contributed by atoms with Crippen molar-refractivity contribution in [2.24, 2.45) is 65.1 Å². The molecular weight excluding hydrogens is 1970 g/mol. The fourth-order valence-electron chi connectivity index (χ4n) is 29.1. The van der Waals surface area contributed by atoms with E-state index in [0.29, 0.717) is 111 Å². The van der Waals surface area contributed by atoms with Gasteiger partial charge in [-0.05, 0) is 396 Å². The Morgan fingerprint density at radius 2 is 0.701 bits per heavy atom. The van der Waals surface area contributed by atoms with Crippen molar-refractivity contribution >= 4 is 111 Å². The van der Waals surface area contributed by atoms with Gasteiger partial charge in [0.15, 0.2) is 0 Å². The molecule has 6 fully saturated rings. The summed E-state index contributed by atoms with van der Waals surface area (Å²) in [6.07, 6.45) is 25.6. The Morgan fingerprint density at radius 1 is 0.374 bits per heavy atom. The van der Waals surface area contributed by atoms with Gasteiger partial charge in [0.25, 0.3) is 17.7 Å². The first-order valence-corrected chi connectivity index (χ1v) is 62.3. The van der Waals surface area contributed by atoms with Crippen molar-refractivity contribution < 1.29 is 60.7 Å². The lowest BCUT2D eigenvalue weighted by Gasteiger charge is -2.52. The van der Waals surface area contributed by atoms with E-state index in [0.717, 1.165) is 277 Å². The first-order valence-electron chi connectivity index (χ1n) is 56.0. The summed E-state index contributed by atoms with van der Waals surface area (Å²) in [7, 11) is -9.79. The Hall–Kier alpha value is -6.89. The number of aryl methyl sites for hydroxylation is 3. The van der Waals surface area contributed by atoms with E-state index in [1.165, 1.54) is 46.2 Å². The number of fused-ring (bicyclic) bond motifs is 12. The molecule has 23 nitrogen and oxygen atoms in total. The number of hydrogen-bond donors (Lipinski definition) is 6. The van der Waals surface area contributed by atoms with Gasteiger partial charge < -0.3 is 58.9 Å². The molecule has 15 aliphatic rings. The van der Waals surface area contributed by atoms with Gasteiger partial charge in [-0.25, -0.2) is 21.6 Å². The number of β-amino-alcohol motifs (C(OH)–C–C–N with tert-alkyl or cyclic N) is 3. The lowest BCUT2D eigenvalue weighted by molar-refractivity contribution is -0.109. The number of likely N-dealkylation sites (tertiary alicyclic amines) is 2. The number of hydrogen-bond acceptors (Lipinski definition) is 20. The number of nitrogens with one attached hydrogen (secondary N) is 3. The van der Waals surface area contributed by atoms with E-state index < -0.39 is 57.4 Å². The normalized spacial score (nSPS) is 36.0. The van der Waals surface area contributed by atoms with Crippen LogP contribution in [0.4, 0.5) is 17.1 Å². The molecule has 21 rings (SSSR count). The first kappa shape index (κ1) is 108. The fourth-order valence-corrected chi connectivity index (χ4v) is 34.0. The molecule has 6 aliphatic carbocycles. The molecule has 3 saturated carbocycles. The van der Waals surface area contributed by atoms with Gasteiger partial charge in [0.2, 0.25) is 10.0 Å². The number of amides is 3. The van der Waals surface area contributed by atoms with Gasteiger partial charge in [-0.2, -0.15) is 0 Å². The van der Waals surface area contributed by atoms with Gasteiger partial charge in [-0.3, -0.25) is 28.7 Å². The molecule has 9 heterocycles. The topological polar surface area (TPSA) is 267 Å². The Balaban J connectivity index is 0.000000139. The van der Waals surface area contributed by atoms with E-state index in [-0.39, 0.29) is 80.0 Å². The highest BCUT2D eigenvalue weighted by Crippen LogP contribution is 2.56. The molecule has 804 valence electrons. The maximum absolute atomic E-state index is 14.0. The van der Waals surface area contributed by atoms with Crippen LogP contribution in [0.25, 0.3) is 0 Å². The molecule has 147 heavy (non-hydrogen) atoms. The van der Waals surface area contributed by atoms with Crippen molar-refractivity contribution in [3.05, 3.63) is 174 Å². The zero-order chi connectivity index (χ0) is 104. The second kappa shape index (κ2) is 44.2. The highest BCUT2D eigenvalue weighted by atomic mass is 35.5. The van der Waals surface area contributed by atoms with Crippen LogP contribution in [0.2, 0.25) is 15.1 Å². The van der Waals surface area contributed by atoms with Crippen LogP contribution in [0.15, 0.2) is 109 Å². The Morgan fingerprint density at radius 3 is 1.02 bits per heavy atom. The lowest BCUT2D eigenvalue weighted by Crippen LogP contribution is -2.59. The van der Waals surface area contributed by atoms with Crippen LogP contribution in [0.1, 0.15) is 281 Å². The standard InChI is InChI=1S/C41H59ClN4O4S.C39H54ClN3O4S.C38H52ClN3O5S/c1-5-18-44-19-21-45(22-20-44)27-41(48)17-6-8-29(2)30(3)51(4,49)43-39(47)32-11-15-38-37(24-32)46(25-33-10-13-36(33)41)26-40(28-50-38)16-7-9-31-23-34(42)12-14-35(31)40;1-26-15-18-42(21-26)24-39(45)17-5-7-27(2)28(3)48(4,46)41-37(44)30-10-14-36-35(20-30)43(22-31-9-12-34(31)39)23-38(25-47-36)16-6-8-29-19-32(40)11-13-33(29)38;1-25-14-17-41(20-25)23-38(44)16-4-6-26(2)27(3)48(45,46)40-36(43)29-9-13-35-34(19-29)42(21-30-8-11-33(30)38)22-37(24-47-35)15-5-7-28-18-31(39)10-12-32(28)37/h11-12,14-15,23-24,29-30,33,36,48H,4-10,13,16-22,25-28H2,1-3H3,(H,43,47,49);10-11,13-14,19-20,26-28,31,34,45H,4-9,12,15-18,21-25H2,1-3H3,(H,41,44,46);9-10,12-13,18-19,25-27,30,33,44H,4-8,11,14-17,20-24H2,1-3H3,(H,40,43)/t29-,30+,33-,36+,40-,41+,51?;26-,27+,28-,31+,34-,38+,39-,48?;25-,26+,27-,30+,33-,37+,38+/m011/s1. The number of sulfonamides is 1. The summed E-state index contributed by atoms with van der Waals surface area (Å²) in [4.78, 5) is 58.3. The summed E-state index contributed by atoms with van der Waals surface area (Å²) < 4.78 is 82.9. The second-order valence-corrected chi connectivity index (χ2v) is 57.0. The quantitative estimate of drug-likeness (QED) is 0.0773. The summed E-state index contributed by atoms with van der Waals surface area (Å²) >= 11 is 19.4. The molecule has 29 heteroatoms. The molecule has 6 aromatic rings. The minimum absolute atomic E-state index is 0.0719. The van der Waals surface area contributed by atoms with Crippen LogP contribution >= 0.6 is 34.8 Å². The number of nitrogens with zero attached hydrogens (tertiary/aromatic N) is 7. The second-order valence-electron chi connectivity index (χ2n) is 48.9. The smallest absolute Gasteiger partial charge is 0.264 e. The van der Waals surface area contributed by atoms with Gasteiger partial charge in [-0.15, -0.1) is 0 Å². The number of piperazine rings is 1. The summed E-state index contributed by atoms with van der Waals surface area (Å²) in [5, 5.41) is 39.1. The van der Waals surface area contributed by atoms with Crippen LogP contribution in [0.3, 0.4) is 0 Å². The Bertz CT molecular complexity index is 5910. The predicted octanol–water partition coefficient (Wildman–Crippen LogP) is 18.8. The Labute approximate surface area is 892 Å². The number of aliphatic hydroxyl groups is 3. The summed E-state index contributed by atoms with van der Waals surface area (Å²) in [5.41, 5.74) is 8.39. The molecule has 2 unspecified atom stereocenters. The molecule has 0 aromatic heterocycles. The average molecular weight is 2130 g/mol. The monoisotopic (exact) mass is 2130 g/mol. The van der Waals surface area contributed by atoms with E-state index in [4.69, 9.17) is 49.0 Å². The minimum atomic E-state index is -3.92. The molecule has 3 amide bonds. The minimum Gasteiger partial charge on any atom is -0.490 e. The van der Waals surface area contributed by atoms with Crippen molar-refractivity contribution in [2.75, 3.05) is 152 Å². The van der Waals surface area contributed by atoms with Crippen LogP contribution in [-0.2, 0) is 64.9 Å². The van der Waals surface area contributed by atoms with Gasteiger partial charge in [-0.1, -0.05) is 114 Å². The van der Waals surface area contributed by atoms with Crippen molar-refractivity contribution in [1.29, 1.82) is 0 Å². The molecule has 6 bridgehead atoms. The SMILES string of the molecule is C=S1(=O)NC(=O)c2ccc3c(c2)N(C[C@@H]2CC[C@H]2[C@](O)(CN2CCN(CCC)CC2)CCC[C@H](C)[C@H]1C)C[C@@]1(CCCc2cc(Cl)ccc21)CO3.C=S1(=O)NC(=O)c2ccc3c(c2)N(C[C@@H]2CC[C@H]2[C@](O)(CN2CC[C@@H](C)C2)CCC[C@H](C)[C@H]1C)C[C@@]1(CCCc2cc(Cl)ccc21)CO3.C[C@@H]1CCN(C[C@@]2(O)CCC[C@H](C)[C@@H](C)S(=O)(=O)NC(=O)c3ccc4c(c3)N(C[C@@H]3CC[C@H]32)C[C@@]2(CCCc3cc(Cl)ccc32)CO4)C1. The molecule has 3 saturated heterocycles. The third kappa shape index (κ3) is 23.1. The van der Waals surface area contributed by atoms with Gasteiger partial charge in [0.1, 0.15) is 17.2 Å². The number of benzene rings is 6.